The van der Waals surface area contributed by atoms with Crippen molar-refractivity contribution in [3.8, 4) is 11.5 Å². The fraction of sp³-hybridized carbons (Fsp3) is 0.500. The van der Waals surface area contributed by atoms with Gasteiger partial charge in [-0.25, -0.2) is 0 Å². The molecule has 20 heavy (non-hydrogen) atoms. The first kappa shape index (κ1) is 14.9. The average molecular weight is 300 g/mol. The second-order valence-electron chi connectivity index (χ2n) is 5.70. The summed E-state index contributed by atoms with van der Waals surface area (Å²) in [5.41, 5.74) is 5.89. The highest BCUT2D eigenvalue weighted by atomic mass is 35.5. The van der Waals surface area contributed by atoms with E-state index in [1.165, 1.54) is 0 Å². The molecule has 0 aromatic heterocycles. The van der Waals surface area contributed by atoms with Crippen molar-refractivity contribution in [2.24, 2.45) is 11.1 Å². The van der Waals surface area contributed by atoms with E-state index in [1.54, 1.807) is 12.1 Å². The minimum Gasteiger partial charge on any atom is -0.489 e. The highest BCUT2D eigenvalue weighted by Crippen LogP contribution is 2.41. The molecule has 0 radical (unpaired) electrons. The van der Waals surface area contributed by atoms with Crippen LogP contribution in [-0.4, -0.2) is 30.8 Å². The topological polar surface area (TPSA) is 81.8 Å². The highest BCUT2D eigenvalue weighted by Gasteiger charge is 2.28. The molecule has 6 heteroatoms. The number of carboxylic acids is 1. The first-order valence-corrected chi connectivity index (χ1v) is 6.74. The number of aliphatic carboxylic acids is 1. The molecule has 1 unspecified atom stereocenters. The lowest BCUT2D eigenvalue weighted by Gasteiger charge is -2.19. The summed E-state index contributed by atoms with van der Waals surface area (Å²) in [5.74, 6) is -0.865. The predicted octanol–water partition coefficient (Wildman–Crippen LogP) is 2.26. The van der Waals surface area contributed by atoms with Gasteiger partial charge in [-0.3, -0.25) is 4.79 Å². The van der Waals surface area contributed by atoms with E-state index in [0.717, 1.165) is 0 Å². The summed E-state index contributed by atoms with van der Waals surface area (Å²) in [7, 11) is 0. The SMILES string of the molecule is CC1(C)COc2cc(C(CN)C(=O)O)cc(Cl)c2OC1. The van der Waals surface area contributed by atoms with Crippen LogP contribution in [0, 0.1) is 5.41 Å². The monoisotopic (exact) mass is 299 g/mol. The van der Waals surface area contributed by atoms with Gasteiger partial charge in [0.25, 0.3) is 0 Å². The molecule has 0 fully saturated rings. The predicted molar refractivity (Wildman–Crippen MR) is 75.7 cm³/mol. The molecule has 0 amide bonds. The van der Waals surface area contributed by atoms with Crippen molar-refractivity contribution < 1.29 is 19.4 Å². The van der Waals surface area contributed by atoms with E-state index >= 15 is 0 Å². The zero-order valence-electron chi connectivity index (χ0n) is 11.5. The molecule has 3 N–H and O–H groups in total. The van der Waals surface area contributed by atoms with Crippen LogP contribution in [0.25, 0.3) is 0 Å². The third kappa shape index (κ3) is 2.99. The number of hydrogen-bond acceptors (Lipinski definition) is 4. The van der Waals surface area contributed by atoms with Crippen LogP contribution in [0.3, 0.4) is 0 Å². The van der Waals surface area contributed by atoms with E-state index in [0.29, 0.717) is 35.3 Å². The normalized spacial score (nSPS) is 18.2. The molecule has 1 aliphatic rings. The van der Waals surface area contributed by atoms with Gasteiger partial charge in [-0.1, -0.05) is 25.4 Å². The number of fused-ring (bicyclic) bond motifs is 1. The molecular formula is C14H18ClNO4. The van der Waals surface area contributed by atoms with Crippen molar-refractivity contribution in [1.82, 2.24) is 0 Å². The summed E-state index contributed by atoms with van der Waals surface area (Å²) < 4.78 is 11.4. The molecule has 1 aromatic rings. The van der Waals surface area contributed by atoms with Crippen LogP contribution in [0.15, 0.2) is 12.1 Å². The Kier molecular flexibility index (Phi) is 4.11. The number of carbonyl (C=O) groups is 1. The van der Waals surface area contributed by atoms with Crippen LogP contribution in [0.2, 0.25) is 5.02 Å². The summed E-state index contributed by atoms with van der Waals surface area (Å²) in [4.78, 5) is 11.2. The molecular weight excluding hydrogens is 282 g/mol. The maximum atomic E-state index is 11.2. The number of carboxylic acid groups (broad SMARTS) is 1. The van der Waals surface area contributed by atoms with E-state index in [4.69, 9.17) is 31.9 Å². The first-order chi connectivity index (χ1) is 9.34. The number of hydrogen-bond donors (Lipinski definition) is 2. The fourth-order valence-corrected chi connectivity index (χ4v) is 2.27. The molecule has 1 atom stereocenters. The van der Waals surface area contributed by atoms with Gasteiger partial charge in [0.05, 0.1) is 24.2 Å². The van der Waals surface area contributed by atoms with Crippen LogP contribution in [0.1, 0.15) is 25.3 Å². The van der Waals surface area contributed by atoms with Crippen LogP contribution >= 0.6 is 11.6 Å². The van der Waals surface area contributed by atoms with Crippen LogP contribution in [-0.2, 0) is 4.79 Å². The summed E-state index contributed by atoms with van der Waals surface area (Å²) in [6.45, 7) is 5.00. The smallest absolute Gasteiger partial charge is 0.312 e. The summed E-state index contributed by atoms with van der Waals surface area (Å²) in [5, 5.41) is 9.51. The zero-order chi connectivity index (χ0) is 14.9. The zero-order valence-corrected chi connectivity index (χ0v) is 12.2. The van der Waals surface area contributed by atoms with Gasteiger partial charge in [-0.15, -0.1) is 0 Å². The van der Waals surface area contributed by atoms with Gasteiger partial charge in [0.2, 0.25) is 0 Å². The van der Waals surface area contributed by atoms with Gasteiger partial charge in [0.15, 0.2) is 11.5 Å². The maximum absolute atomic E-state index is 11.2. The number of halogens is 1. The Balaban J connectivity index is 2.41. The lowest BCUT2D eigenvalue weighted by Crippen LogP contribution is -2.26. The van der Waals surface area contributed by atoms with E-state index in [2.05, 4.69) is 0 Å². The third-order valence-corrected chi connectivity index (χ3v) is 3.47. The minimum atomic E-state index is -0.988. The summed E-state index contributed by atoms with van der Waals surface area (Å²) in [6.07, 6.45) is 0. The molecule has 0 aliphatic carbocycles. The highest BCUT2D eigenvalue weighted by molar-refractivity contribution is 6.32. The second kappa shape index (κ2) is 5.50. The van der Waals surface area contributed by atoms with Gasteiger partial charge in [-0.05, 0) is 17.7 Å². The van der Waals surface area contributed by atoms with Crippen molar-refractivity contribution in [3.63, 3.8) is 0 Å². The molecule has 1 aliphatic heterocycles. The Morgan fingerprint density at radius 3 is 2.70 bits per heavy atom. The van der Waals surface area contributed by atoms with Crippen molar-refractivity contribution in [3.05, 3.63) is 22.7 Å². The van der Waals surface area contributed by atoms with E-state index in [9.17, 15) is 4.79 Å². The van der Waals surface area contributed by atoms with Gasteiger partial charge < -0.3 is 20.3 Å². The summed E-state index contributed by atoms with van der Waals surface area (Å²) in [6, 6.07) is 3.22. The quantitative estimate of drug-likeness (QED) is 0.894. The fourth-order valence-electron chi connectivity index (χ4n) is 2.00. The van der Waals surface area contributed by atoms with Gasteiger partial charge >= 0.3 is 5.97 Å². The standard InChI is InChI=1S/C14H18ClNO4/c1-14(2)6-19-11-4-8(9(5-16)13(17)18)3-10(15)12(11)20-7-14/h3-4,9H,5-7,16H2,1-2H3,(H,17,18). The Morgan fingerprint density at radius 2 is 2.10 bits per heavy atom. The van der Waals surface area contributed by atoms with Crippen molar-refractivity contribution in [2.45, 2.75) is 19.8 Å². The van der Waals surface area contributed by atoms with Crippen molar-refractivity contribution in [1.29, 1.82) is 0 Å². The second-order valence-corrected chi connectivity index (χ2v) is 6.11. The van der Waals surface area contributed by atoms with Crippen LogP contribution < -0.4 is 15.2 Å². The Hall–Kier alpha value is -1.46. The Bertz CT molecular complexity index is 530. The van der Waals surface area contributed by atoms with Crippen molar-refractivity contribution >= 4 is 17.6 Å². The Labute approximate surface area is 122 Å². The third-order valence-electron chi connectivity index (χ3n) is 3.19. The lowest BCUT2D eigenvalue weighted by molar-refractivity contribution is -0.138. The Morgan fingerprint density at radius 1 is 1.45 bits per heavy atom. The maximum Gasteiger partial charge on any atom is 0.312 e. The number of benzene rings is 1. The number of nitrogens with two attached hydrogens (primary N) is 1. The molecule has 0 spiro atoms. The van der Waals surface area contributed by atoms with Crippen molar-refractivity contribution in [2.75, 3.05) is 19.8 Å². The van der Waals surface area contributed by atoms with Gasteiger partial charge in [0, 0.05) is 12.0 Å². The van der Waals surface area contributed by atoms with Crippen LogP contribution in [0.5, 0.6) is 11.5 Å². The molecule has 110 valence electrons. The van der Waals surface area contributed by atoms with E-state index in [1.807, 2.05) is 13.8 Å². The number of rotatable bonds is 3. The van der Waals surface area contributed by atoms with Crippen LogP contribution in [0.4, 0.5) is 0 Å². The molecule has 5 nitrogen and oxygen atoms in total. The molecule has 1 heterocycles. The number of ether oxygens (including phenoxy) is 2. The molecule has 2 rings (SSSR count). The lowest BCUT2D eigenvalue weighted by atomic mass is 9.97. The summed E-state index contributed by atoms with van der Waals surface area (Å²) >= 11 is 6.18. The van der Waals surface area contributed by atoms with Gasteiger partial charge in [0.1, 0.15) is 0 Å². The molecule has 0 saturated carbocycles. The molecule has 1 aromatic carbocycles. The van der Waals surface area contributed by atoms with E-state index in [-0.39, 0.29) is 12.0 Å². The van der Waals surface area contributed by atoms with Gasteiger partial charge in [-0.2, -0.15) is 0 Å². The first-order valence-electron chi connectivity index (χ1n) is 6.36. The van der Waals surface area contributed by atoms with E-state index < -0.39 is 11.9 Å². The largest absolute Gasteiger partial charge is 0.489 e. The molecule has 0 saturated heterocycles. The molecule has 0 bridgehead atoms. The minimum absolute atomic E-state index is 0.00318. The average Bonchev–Trinajstić information content (AvgIpc) is 2.50.